The molecule has 2 bridgehead atoms. The Kier molecular flexibility index (Phi) is 12.6. The van der Waals surface area contributed by atoms with Gasteiger partial charge in [-0.3, -0.25) is 9.80 Å². The maximum Gasteiger partial charge on any atom is 0.410 e. The third-order valence-electron chi connectivity index (χ3n) is 14.1. The lowest BCUT2D eigenvalue weighted by atomic mass is 9.95. The highest BCUT2D eigenvalue weighted by atomic mass is 28.3. The van der Waals surface area contributed by atoms with Gasteiger partial charge in [0.2, 0.25) is 0 Å². The number of anilines is 1. The number of alkyl halides is 1. The molecule has 4 atom stereocenters. The third-order valence-corrected chi connectivity index (χ3v) is 20.4. The Hall–Kier alpha value is -4.65. The second-order valence-corrected chi connectivity index (χ2v) is 25.8. The number of rotatable bonds is 11. The zero-order chi connectivity index (χ0) is 45.9. The Morgan fingerprint density at radius 2 is 1.64 bits per heavy atom. The Balaban J connectivity index is 1.29. The van der Waals surface area contributed by atoms with Gasteiger partial charge in [0.05, 0.1) is 28.6 Å². The fourth-order valence-electron chi connectivity index (χ4n) is 11.4. The summed E-state index contributed by atoms with van der Waals surface area (Å²) in [6.45, 7) is 20.9. The molecule has 344 valence electrons. The number of hydrogen-bond donors (Lipinski definition) is 0. The standard InChI is InChI=1S/C49H63F3N6O5Si/c1-29(2)64(30(3)4,31(5)6)19-16-37-40(51)15-12-32-20-36(62-28-60-10)21-38(42(32)37)43-41(52)22-39-44(53-43)54-46(61-27-49-17-11-18-57(49)24-33(50)23-49)55-45(39)56-25-34-13-14-35(26-56)58(34)47(59)63-48(7,8)9/h12,15,20-22,29-31,33-35H,11,13-14,17-18,23-28H2,1-10H3/t33-,34-,35+,49+/m1/s1. The van der Waals surface area contributed by atoms with Gasteiger partial charge < -0.3 is 23.8 Å². The number of aromatic nitrogens is 3. The van der Waals surface area contributed by atoms with E-state index in [-0.39, 0.29) is 60.1 Å². The molecule has 0 N–H and O–H groups in total. The SMILES string of the molecule is COCOc1cc(-c2nc3nc(OC[C@@]45CCCN4C[C@H](F)C5)nc(N4C[C@H]5CC[C@@H](C4)N5C(=O)OC(C)(C)C)c3cc2F)c2c(C#C[Si](C(C)C)(C(C)C)C(C)C)c(F)ccc2c1. The maximum absolute atomic E-state index is 17.2. The number of carbonyl (C=O) groups excluding carboxylic acids is 1. The summed E-state index contributed by atoms with van der Waals surface area (Å²) in [7, 11) is -0.816. The van der Waals surface area contributed by atoms with Gasteiger partial charge in [-0.1, -0.05) is 53.5 Å². The number of nitrogens with zero attached hydrogens (tertiary/aromatic N) is 6. The lowest BCUT2D eigenvalue weighted by Gasteiger charge is -2.42. The van der Waals surface area contributed by atoms with Crippen LogP contribution in [0.2, 0.25) is 16.6 Å². The van der Waals surface area contributed by atoms with Crippen LogP contribution < -0.4 is 14.4 Å². The zero-order valence-electron chi connectivity index (χ0n) is 39.0. The molecule has 0 radical (unpaired) electrons. The molecule has 0 saturated carbocycles. The first-order valence-corrected chi connectivity index (χ1v) is 25.1. The van der Waals surface area contributed by atoms with E-state index in [4.69, 9.17) is 33.9 Å². The number of methoxy groups -OCH3 is 1. The van der Waals surface area contributed by atoms with E-state index in [1.165, 1.54) is 19.2 Å². The molecule has 64 heavy (non-hydrogen) atoms. The molecule has 4 aromatic rings. The molecule has 4 saturated heterocycles. The number of ether oxygens (including phenoxy) is 4. The predicted molar refractivity (Wildman–Crippen MR) is 246 cm³/mol. The molecule has 1 amide bonds. The van der Waals surface area contributed by atoms with Gasteiger partial charge in [0.1, 0.15) is 55.3 Å². The van der Waals surface area contributed by atoms with Crippen LogP contribution in [0.3, 0.4) is 0 Å². The Bertz CT molecular complexity index is 2450. The minimum absolute atomic E-state index is 0.0370. The van der Waals surface area contributed by atoms with Crippen molar-refractivity contribution in [1.29, 1.82) is 0 Å². The summed E-state index contributed by atoms with van der Waals surface area (Å²) in [5.74, 6) is 2.94. The van der Waals surface area contributed by atoms with Crippen LogP contribution >= 0.6 is 0 Å². The second kappa shape index (κ2) is 17.6. The van der Waals surface area contributed by atoms with Gasteiger partial charge >= 0.3 is 12.1 Å². The van der Waals surface area contributed by atoms with Gasteiger partial charge in [0.15, 0.2) is 12.4 Å². The molecule has 4 aliphatic heterocycles. The normalized spacial score (nSPS) is 22.5. The van der Waals surface area contributed by atoms with Crippen molar-refractivity contribution >= 4 is 41.8 Å². The summed E-state index contributed by atoms with van der Waals surface area (Å²) in [6, 6.07) is 7.55. The highest BCUT2D eigenvalue weighted by Crippen LogP contribution is 2.44. The van der Waals surface area contributed by atoms with Crippen molar-refractivity contribution in [2.24, 2.45) is 0 Å². The summed E-state index contributed by atoms with van der Waals surface area (Å²) in [5, 5.41) is 1.36. The largest absolute Gasteiger partial charge is 0.468 e. The Labute approximate surface area is 376 Å². The lowest BCUT2D eigenvalue weighted by molar-refractivity contribution is 0.0122. The summed E-state index contributed by atoms with van der Waals surface area (Å²) in [4.78, 5) is 34.2. The van der Waals surface area contributed by atoms with Gasteiger partial charge in [-0.25, -0.2) is 22.9 Å². The van der Waals surface area contributed by atoms with E-state index in [1.807, 2.05) is 25.7 Å². The van der Waals surface area contributed by atoms with Crippen LogP contribution in [-0.2, 0) is 9.47 Å². The average Bonchev–Trinajstić information content (AvgIpc) is 3.84. The number of benzene rings is 2. The number of hydrogen-bond acceptors (Lipinski definition) is 10. The van der Waals surface area contributed by atoms with Crippen LogP contribution in [-0.4, -0.2) is 115 Å². The monoisotopic (exact) mass is 900 g/mol. The molecule has 4 aliphatic rings. The minimum Gasteiger partial charge on any atom is -0.468 e. The van der Waals surface area contributed by atoms with Crippen LogP contribution in [0.4, 0.5) is 23.8 Å². The molecule has 0 aliphatic carbocycles. The van der Waals surface area contributed by atoms with Crippen molar-refractivity contribution < 1.29 is 36.9 Å². The highest BCUT2D eigenvalue weighted by Gasteiger charge is 2.50. The van der Waals surface area contributed by atoms with Gasteiger partial charge in [0.25, 0.3) is 0 Å². The molecule has 15 heteroatoms. The van der Waals surface area contributed by atoms with Crippen LogP contribution in [0.1, 0.15) is 100.0 Å². The second-order valence-electron chi connectivity index (χ2n) is 20.3. The summed E-state index contributed by atoms with van der Waals surface area (Å²) >= 11 is 0. The zero-order valence-corrected chi connectivity index (χ0v) is 40.0. The highest BCUT2D eigenvalue weighted by molar-refractivity contribution is 6.90. The molecule has 6 heterocycles. The number of halogens is 3. The first kappa shape index (κ1) is 45.9. The maximum atomic E-state index is 17.2. The molecular formula is C49H63F3N6O5Si. The van der Waals surface area contributed by atoms with E-state index in [2.05, 4.69) is 62.8 Å². The van der Waals surface area contributed by atoms with E-state index in [1.54, 1.807) is 18.2 Å². The van der Waals surface area contributed by atoms with E-state index < -0.39 is 37.0 Å². The first-order valence-electron chi connectivity index (χ1n) is 22.9. The van der Waals surface area contributed by atoms with Gasteiger partial charge in [0, 0.05) is 44.1 Å². The Morgan fingerprint density at radius 3 is 2.30 bits per heavy atom. The van der Waals surface area contributed by atoms with Gasteiger partial charge in [-0.05, 0) is 99.3 Å². The van der Waals surface area contributed by atoms with Gasteiger partial charge in [-0.15, -0.1) is 5.54 Å². The van der Waals surface area contributed by atoms with Crippen molar-refractivity contribution in [3.05, 3.63) is 47.5 Å². The molecule has 4 fully saturated rings. The average molecular weight is 901 g/mol. The van der Waals surface area contributed by atoms with Crippen molar-refractivity contribution in [2.45, 2.75) is 140 Å². The number of piperazine rings is 1. The van der Waals surface area contributed by atoms with E-state index in [0.29, 0.717) is 70.4 Å². The molecule has 0 unspecified atom stereocenters. The van der Waals surface area contributed by atoms with E-state index >= 15 is 8.78 Å². The fraction of sp³-hybridized carbons (Fsp3) is 0.592. The molecular weight excluding hydrogens is 838 g/mol. The van der Waals surface area contributed by atoms with Crippen molar-refractivity contribution in [2.75, 3.05) is 51.6 Å². The minimum atomic E-state index is -2.33. The summed E-state index contributed by atoms with van der Waals surface area (Å²) < 4.78 is 71.9. The van der Waals surface area contributed by atoms with Crippen LogP contribution in [0.5, 0.6) is 11.8 Å². The summed E-state index contributed by atoms with van der Waals surface area (Å²) in [6.07, 6.45) is 2.35. The number of amides is 1. The number of fused-ring (bicyclic) bond motifs is 5. The summed E-state index contributed by atoms with van der Waals surface area (Å²) in [5.41, 5.74) is 4.00. The predicted octanol–water partition coefficient (Wildman–Crippen LogP) is 10.2. The van der Waals surface area contributed by atoms with Crippen molar-refractivity contribution in [3.8, 4) is 34.5 Å². The lowest BCUT2D eigenvalue weighted by Crippen LogP contribution is -2.57. The van der Waals surface area contributed by atoms with Gasteiger partial charge in [-0.2, -0.15) is 9.97 Å². The quantitative estimate of drug-likeness (QED) is 0.0821. The van der Waals surface area contributed by atoms with E-state index in [9.17, 15) is 9.18 Å². The molecule has 11 nitrogen and oxygen atoms in total. The Morgan fingerprint density at radius 1 is 0.938 bits per heavy atom. The topological polar surface area (TPSA) is 102 Å². The van der Waals surface area contributed by atoms with E-state index in [0.717, 1.165) is 32.2 Å². The molecule has 8 rings (SSSR count). The third kappa shape index (κ3) is 8.50. The van der Waals surface area contributed by atoms with Crippen LogP contribution in [0.25, 0.3) is 33.1 Å². The first-order chi connectivity index (χ1) is 30.3. The van der Waals surface area contributed by atoms with Crippen molar-refractivity contribution in [3.63, 3.8) is 0 Å². The molecule has 2 aromatic heterocycles. The molecule has 2 aromatic carbocycles. The van der Waals surface area contributed by atoms with Crippen LogP contribution in [0, 0.1) is 23.1 Å². The number of carbonyl (C=O) groups is 1. The number of pyridine rings is 1. The smallest absolute Gasteiger partial charge is 0.410 e. The fourth-order valence-corrected chi connectivity index (χ4v) is 16.6. The van der Waals surface area contributed by atoms with Crippen LogP contribution in [0.15, 0.2) is 30.3 Å². The molecule has 0 spiro atoms. The van der Waals surface area contributed by atoms with Crippen molar-refractivity contribution in [1.82, 2.24) is 24.8 Å².